The van der Waals surface area contributed by atoms with Gasteiger partial charge in [-0.2, -0.15) is 0 Å². The van der Waals surface area contributed by atoms with E-state index in [1.165, 1.54) is 13.2 Å². The van der Waals surface area contributed by atoms with Crippen LogP contribution in [-0.2, 0) is 28.3 Å². The number of rotatable bonds is 4. The Hall–Kier alpha value is -3.04. The minimum absolute atomic E-state index is 0. The summed E-state index contributed by atoms with van der Waals surface area (Å²) < 4.78 is 4.92. The summed E-state index contributed by atoms with van der Waals surface area (Å²) in [6, 6.07) is 4.72. The SMILES string of the molecule is COc1ccc(CC(=O)O)cc1C=O.O.O.O.O=[N+]([O-])[O-].O=[N+]([O-])[O-].[Cu+2]. The van der Waals surface area contributed by atoms with Crippen molar-refractivity contribution in [3.8, 4) is 5.75 Å². The minimum Gasteiger partial charge on any atom is -0.496 e. The molecule has 1 rings (SSSR count). The van der Waals surface area contributed by atoms with Crippen LogP contribution in [0.1, 0.15) is 15.9 Å². The second kappa shape index (κ2) is 22.0. The fraction of sp³-hybridized carbons (Fsp3) is 0.200. The summed E-state index contributed by atoms with van der Waals surface area (Å²) in [6.45, 7) is 0. The summed E-state index contributed by atoms with van der Waals surface area (Å²) in [4.78, 5) is 37.5. The van der Waals surface area contributed by atoms with Gasteiger partial charge in [0.15, 0.2) is 6.29 Å². The standard InChI is InChI=1S/C10H10O4.Cu.2NO3.3H2O/c1-14-9-3-2-7(5-10(12)13)4-8(9)6-11;;2*2-1(3)4;;;/h2-4,6H,5H2,1H3,(H,12,13);;;;3*1H2/q;+2;2*-1;;;. The van der Waals surface area contributed by atoms with Crippen LogP contribution in [0.3, 0.4) is 0 Å². The van der Waals surface area contributed by atoms with Gasteiger partial charge in [-0.1, -0.05) is 6.07 Å². The fourth-order valence-electron chi connectivity index (χ4n) is 1.16. The van der Waals surface area contributed by atoms with Crippen molar-refractivity contribution in [1.82, 2.24) is 0 Å². The van der Waals surface area contributed by atoms with Crippen molar-refractivity contribution in [2.75, 3.05) is 7.11 Å². The third-order valence-electron chi connectivity index (χ3n) is 1.78. The first-order valence-electron chi connectivity index (χ1n) is 5.11. The zero-order valence-corrected chi connectivity index (χ0v) is 13.8. The van der Waals surface area contributed by atoms with E-state index < -0.39 is 16.1 Å². The quantitative estimate of drug-likeness (QED) is 0.238. The molecule has 155 valence electrons. The largest absolute Gasteiger partial charge is 2.00 e. The van der Waals surface area contributed by atoms with Crippen molar-refractivity contribution in [3.63, 3.8) is 0 Å². The van der Waals surface area contributed by atoms with Crippen molar-refractivity contribution in [2.45, 2.75) is 6.42 Å². The summed E-state index contributed by atoms with van der Waals surface area (Å²) in [7, 11) is 1.46. The number of benzene rings is 1. The fourth-order valence-corrected chi connectivity index (χ4v) is 1.16. The minimum atomic E-state index is -1.75. The van der Waals surface area contributed by atoms with Gasteiger partial charge >= 0.3 is 23.0 Å². The number of methoxy groups -OCH3 is 1. The summed E-state index contributed by atoms with van der Waals surface area (Å²) in [5, 5.41) is 38.0. The molecule has 0 atom stereocenters. The summed E-state index contributed by atoms with van der Waals surface area (Å²) >= 11 is 0. The second-order valence-corrected chi connectivity index (χ2v) is 3.21. The maximum atomic E-state index is 10.6. The predicted octanol–water partition coefficient (Wildman–Crippen LogP) is -1.82. The third kappa shape index (κ3) is 25.9. The number of aliphatic carboxylic acids is 1. The normalized spacial score (nSPS) is 6.96. The van der Waals surface area contributed by atoms with Gasteiger partial charge in [0.2, 0.25) is 0 Å². The molecule has 15 nitrogen and oxygen atoms in total. The first kappa shape index (κ1) is 38.5. The Labute approximate surface area is 155 Å². The van der Waals surface area contributed by atoms with Crippen LogP contribution >= 0.6 is 0 Å². The molecule has 0 spiro atoms. The summed E-state index contributed by atoms with van der Waals surface area (Å²) in [6.07, 6.45) is 0.551. The molecule has 0 bridgehead atoms. The number of carbonyl (C=O) groups is 2. The van der Waals surface area contributed by atoms with E-state index >= 15 is 0 Å². The van der Waals surface area contributed by atoms with Crippen LogP contribution in [0.25, 0.3) is 0 Å². The molecule has 0 amide bonds. The summed E-state index contributed by atoms with van der Waals surface area (Å²) in [5.41, 5.74) is 0.951. The Morgan fingerprint density at radius 1 is 1.12 bits per heavy atom. The second-order valence-electron chi connectivity index (χ2n) is 3.21. The Morgan fingerprint density at radius 2 is 1.50 bits per heavy atom. The average molecular weight is 436 g/mol. The number of carbonyl (C=O) groups excluding carboxylic acids is 1. The Bertz CT molecular complexity index is 520. The van der Waals surface area contributed by atoms with Crippen molar-refractivity contribution >= 4 is 12.3 Å². The van der Waals surface area contributed by atoms with E-state index in [1.807, 2.05) is 0 Å². The van der Waals surface area contributed by atoms with Crippen molar-refractivity contribution in [2.24, 2.45) is 0 Å². The summed E-state index contributed by atoms with van der Waals surface area (Å²) in [5.74, 6) is -0.471. The van der Waals surface area contributed by atoms with Crippen molar-refractivity contribution < 1.29 is 63.1 Å². The molecular weight excluding hydrogens is 420 g/mol. The number of hydrogen-bond acceptors (Lipinski definition) is 9. The molecule has 16 heteroatoms. The van der Waals surface area contributed by atoms with Crippen LogP contribution in [0.4, 0.5) is 0 Å². The maximum Gasteiger partial charge on any atom is 2.00 e. The van der Waals surface area contributed by atoms with Gasteiger partial charge in [0.25, 0.3) is 0 Å². The Balaban J connectivity index is -0.0000000720. The van der Waals surface area contributed by atoms with E-state index in [0.717, 1.165) is 0 Å². The Morgan fingerprint density at radius 3 is 1.77 bits per heavy atom. The van der Waals surface area contributed by atoms with Gasteiger partial charge < -0.3 is 56.9 Å². The molecule has 1 aromatic carbocycles. The smallest absolute Gasteiger partial charge is 0.496 e. The molecule has 0 unspecified atom stereocenters. The zero-order valence-electron chi connectivity index (χ0n) is 12.8. The average Bonchev–Trinajstić information content (AvgIpc) is 2.36. The molecule has 0 aromatic heterocycles. The number of ether oxygens (including phenoxy) is 1. The van der Waals surface area contributed by atoms with E-state index in [2.05, 4.69) is 0 Å². The topological polar surface area (TPSA) is 290 Å². The van der Waals surface area contributed by atoms with Gasteiger partial charge in [-0.3, -0.25) is 9.59 Å². The molecule has 0 heterocycles. The van der Waals surface area contributed by atoms with Gasteiger partial charge in [-0.15, -0.1) is 0 Å². The molecule has 1 radical (unpaired) electrons. The first-order chi connectivity index (χ1) is 10.1. The van der Waals surface area contributed by atoms with Crippen LogP contribution in [0.5, 0.6) is 5.75 Å². The van der Waals surface area contributed by atoms with E-state index in [9.17, 15) is 9.59 Å². The van der Waals surface area contributed by atoms with E-state index in [4.69, 9.17) is 40.5 Å². The molecule has 26 heavy (non-hydrogen) atoms. The molecule has 0 aliphatic heterocycles. The van der Waals surface area contributed by atoms with Crippen molar-refractivity contribution in [3.05, 3.63) is 60.0 Å². The van der Waals surface area contributed by atoms with Crippen LogP contribution in [0.2, 0.25) is 0 Å². The molecule has 0 saturated carbocycles. The molecule has 0 fully saturated rings. The van der Waals surface area contributed by atoms with Crippen molar-refractivity contribution in [1.29, 1.82) is 0 Å². The van der Waals surface area contributed by atoms with Gasteiger partial charge in [0.05, 0.1) is 29.3 Å². The Kier molecular flexibility index (Phi) is 32.5. The van der Waals surface area contributed by atoms with Crippen LogP contribution < -0.4 is 4.74 Å². The number of carboxylic acids is 1. The molecule has 0 aliphatic rings. The van der Waals surface area contributed by atoms with Gasteiger partial charge in [-0.05, 0) is 17.7 Å². The van der Waals surface area contributed by atoms with Gasteiger partial charge in [0, 0.05) is 0 Å². The molecular formula is C10H16CuN2O13. The molecule has 1 aromatic rings. The number of aldehydes is 1. The van der Waals surface area contributed by atoms with Gasteiger partial charge in [0.1, 0.15) is 5.75 Å². The first-order valence-corrected chi connectivity index (χ1v) is 5.11. The third-order valence-corrected chi connectivity index (χ3v) is 1.78. The zero-order chi connectivity index (χ0) is 17.7. The van der Waals surface area contributed by atoms with E-state index in [1.54, 1.807) is 12.1 Å². The van der Waals surface area contributed by atoms with Gasteiger partial charge in [-0.25, -0.2) is 0 Å². The monoisotopic (exact) mass is 435 g/mol. The van der Waals surface area contributed by atoms with Crippen LogP contribution in [-0.4, -0.2) is 51.1 Å². The van der Waals surface area contributed by atoms with Crippen LogP contribution in [0, 0.1) is 30.6 Å². The van der Waals surface area contributed by atoms with E-state index in [0.29, 0.717) is 23.2 Å². The number of nitrogens with zero attached hydrogens (tertiary/aromatic N) is 2. The predicted molar refractivity (Wildman–Crippen MR) is 81.3 cm³/mol. The number of hydrogen-bond donors (Lipinski definition) is 1. The van der Waals surface area contributed by atoms with Crippen LogP contribution in [0.15, 0.2) is 18.2 Å². The molecule has 0 aliphatic carbocycles. The van der Waals surface area contributed by atoms with E-state index in [-0.39, 0.29) is 39.9 Å². The molecule has 0 saturated heterocycles. The number of carboxylic acid groups (broad SMARTS) is 1. The molecule has 7 N–H and O–H groups in total. The maximum absolute atomic E-state index is 10.6.